The van der Waals surface area contributed by atoms with E-state index in [0.717, 1.165) is 24.5 Å². The van der Waals surface area contributed by atoms with Gasteiger partial charge in [0, 0.05) is 17.8 Å². The second-order valence-corrected chi connectivity index (χ2v) is 8.53. The van der Waals surface area contributed by atoms with Gasteiger partial charge in [0.15, 0.2) is 0 Å². The van der Waals surface area contributed by atoms with Crippen LogP contribution < -0.4 is 0 Å². The number of aromatic nitrogens is 2. The molecular weight excluding hydrogens is 352 g/mol. The van der Waals surface area contributed by atoms with Crippen molar-refractivity contribution in [3.05, 3.63) is 76.1 Å². The van der Waals surface area contributed by atoms with Gasteiger partial charge in [-0.15, -0.1) is 0 Å². The summed E-state index contributed by atoms with van der Waals surface area (Å²) in [4.78, 5) is 4.94. The number of nitrogens with zero attached hydrogens (tertiary/aromatic N) is 2. The molecular formula is C27H36N2. The van der Waals surface area contributed by atoms with Crippen LogP contribution in [0.5, 0.6) is 0 Å². The van der Waals surface area contributed by atoms with Gasteiger partial charge in [-0.3, -0.25) is 0 Å². The van der Waals surface area contributed by atoms with Gasteiger partial charge < -0.3 is 4.57 Å². The van der Waals surface area contributed by atoms with Gasteiger partial charge in [-0.05, 0) is 81.5 Å². The first-order chi connectivity index (χ1) is 13.9. The lowest BCUT2D eigenvalue weighted by Gasteiger charge is -2.14. The maximum Gasteiger partial charge on any atom is 0.140 e. The van der Waals surface area contributed by atoms with Gasteiger partial charge in [0.05, 0.1) is 5.69 Å². The van der Waals surface area contributed by atoms with Crippen molar-refractivity contribution < 1.29 is 0 Å². The SMILES string of the molecule is CCC(C)c1ccc(CCCCn2c(-c3c(C)cccc3C)nc(C)c2C)cc1. The average Bonchev–Trinajstić information content (AvgIpc) is 2.99. The van der Waals surface area contributed by atoms with E-state index in [4.69, 9.17) is 4.98 Å². The minimum atomic E-state index is 0.653. The standard InChI is InChI=1S/C27H36N2/c1-7-19(2)25-16-14-24(15-17-25)13-8-9-18-29-23(6)22(5)28-27(29)26-20(3)11-10-12-21(26)4/h10-12,14-17,19H,7-9,13,18H2,1-6H3. The second-order valence-electron chi connectivity index (χ2n) is 8.53. The van der Waals surface area contributed by atoms with E-state index in [1.54, 1.807) is 0 Å². The quantitative estimate of drug-likeness (QED) is 0.370. The zero-order chi connectivity index (χ0) is 21.0. The molecule has 1 aromatic heterocycles. The highest BCUT2D eigenvalue weighted by Gasteiger charge is 2.16. The topological polar surface area (TPSA) is 17.8 Å². The zero-order valence-electron chi connectivity index (χ0n) is 19.0. The molecule has 3 rings (SSSR count). The van der Waals surface area contributed by atoms with Crippen LogP contribution in [0.25, 0.3) is 11.4 Å². The largest absolute Gasteiger partial charge is 0.328 e. The maximum atomic E-state index is 4.94. The summed E-state index contributed by atoms with van der Waals surface area (Å²) in [6.07, 6.45) is 4.71. The number of unbranched alkanes of at least 4 members (excludes halogenated alkanes) is 1. The van der Waals surface area contributed by atoms with Crippen LogP contribution >= 0.6 is 0 Å². The minimum absolute atomic E-state index is 0.653. The highest BCUT2D eigenvalue weighted by atomic mass is 15.1. The number of rotatable bonds is 8. The van der Waals surface area contributed by atoms with Crippen molar-refractivity contribution in [3.8, 4) is 11.4 Å². The third kappa shape index (κ3) is 4.80. The molecule has 0 spiro atoms. The van der Waals surface area contributed by atoms with Crippen molar-refractivity contribution in [1.29, 1.82) is 0 Å². The Balaban J connectivity index is 1.67. The molecule has 0 saturated carbocycles. The molecule has 29 heavy (non-hydrogen) atoms. The van der Waals surface area contributed by atoms with E-state index >= 15 is 0 Å². The van der Waals surface area contributed by atoms with Crippen LogP contribution in [-0.4, -0.2) is 9.55 Å². The van der Waals surface area contributed by atoms with E-state index in [2.05, 4.69) is 88.6 Å². The van der Waals surface area contributed by atoms with Crippen LogP contribution in [0.4, 0.5) is 0 Å². The fraction of sp³-hybridized carbons (Fsp3) is 0.444. The number of imidazole rings is 1. The van der Waals surface area contributed by atoms with Gasteiger partial charge in [0.1, 0.15) is 5.82 Å². The average molecular weight is 389 g/mol. The molecule has 3 aromatic rings. The Hall–Kier alpha value is -2.35. The molecule has 154 valence electrons. The van der Waals surface area contributed by atoms with Crippen molar-refractivity contribution in [1.82, 2.24) is 9.55 Å². The smallest absolute Gasteiger partial charge is 0.140 e. The van der Waals surface area contributed by atoms with Crippen LogP contribution in [0.3, 0.4) is 0 Å². The van der Waals surface area contributed by atoms with Gasteiger partial charge in [-0.2, -0.15) is 0 Å². The van der Waals surface area contributed by atoms with Crippen LogP contribution in [0.2, 0.25) is 0 Å². The van der Waals surface area contributed by atoms with E-state index in [9.17, 15) is 0 Å². The van der Waals surface area contributed by atoms with Gasteiger partial charge in [-0.1, -0.05) is 56.3 Å². The summed E-state index contributed by atoms with van der Waals surface area (Å²) in [5.41, 5.74) is 9.24. The van der Waals surface area contributed by atoms with Crippen molar-refractivity contribution >= 4 is 0 Å². The molecule has 2 heteroatoms. The number of hydrogen-bond donors (Lipinski definition) is 0. The van der Waals surface area contributed by atoms with Gasteiger partial charge in [0.25, 0.3) is 0 Å². The molecule has 0 saturated heterocycles. The molecule has 0 radical (unpaired) electrons. The van der Waals surface area contributed by atoms with E-state index in [1.807, 2.05) is 0 Å². The van der Waals surface area contributed by atoms with Crippen LogP contribution in [0.15, 0.2) is 42.5 Å². The Morgan fingerprint density at radius 1 is 0.897 bits per heavy atom. The zero-order valence-corrected chi connectivity index (χ0v) is 19.0. The summed E-state index contributed by atoms with van der Waals surface area (Å²) >= 11 is 0. The van der Waals surface area contributed by atoms with Crippen molar-refractivity contribution in [3.63, 3.8) is 0 Å². The molecule has 0 N–H and O–H groups in total. The minimum Gasteiger partial charge on any atom is -0.328 e. The third-order valence-corrected chi connectivity index (χ3v) is 6.42. The summed E-state index contributed by atoms with van der Waals surface area (Å²) < 4.78 is 2.43. The third-order valence-electron chi connectivity index (χ3n) is 6.42. The lowest BCUT2D eigenvalue weighted by Crippen LogP contribution is -2.05. The molecule has 2 nitrogen and oxygen atoms in total. The molecule has 1 unspecified atom stereocenters. The molecule has 1 atom stereocenters. The Kier molecular flexibility index (Phi) is 6.95. The monoisotopic (exact) mass is 388 g/mol. The Morgan fingerprint density at radius 3 is 2.17 bits per heavy atom. The molecule has 0 aliphatic carbocycles. The summed E-state index contributed by atoms with van der Waals surface area (Å²) in [6.45, 7) is 14.3. The van der Waals surface area contributed by atoms with E-state index in [-0.39, 0.29) is 0 Å². The van der Waals surface area contributed by atoms with E-state index in [0.29, 0.717) is 5.92 Å². The molecule has 0 aliphatic rings. The predicted octanol–water partition coefficient (Wildman–Crippen LogP) is 7.32. The van der Waals surface area contributed by atoms with E-state index < -0.39 is 0 Å². The first-order valence-electron chi connectivity index (χ1n) is 11.1. The molecule has 0 aliphatic heterocycles. The van der Waals surface area contributed by atoms with Gasteiger partial charge >= 0.3 is 0 Å². The fourth-order valence-corrected chi connectivity index (χ4v) is 4.13. The lowest BCUT2D eigenvalue weighted by atomic mass is 9.96. The van der Waals surface area contributed by atoms with Gasteiger partial charge in [-0.25, -0.2) is 4.98 Å². The predicted molar refractivity (Wildman–Crippen MR) is 125 cm³/mol. The first-order valence-corrected chi connectivity index (χ1v) is 11.1. The Bertz CT molecular complexity index is 927. The van der Waals surface area contributed by atoms with Crippen LogP contribution in [-0.2, 0) is 13.0 Å². The van der Waals surface area contributed by atoms with Crippen molar-refractivity contribution in [2.75, 3.05) is 0 Å². The Morgan fingerprint density at radius 2 is 1.55 bits per heavy atom. The normalized spacial score (nSPS) is 12.3. The van der Waals surface area contributed by atoms with Crippen molar-refractivity contribution in [2.45, 2.75) is 79.7 Å². The molecule has 0 bridgehead atoms. The van der Waals surface area contributed by atoms with Crippen molar-refractivity contribution in [2.24, 2.45) is 0 Å². The highest BCUT2D eigenvalue weighted by Crippen LogP contribution is 2.29. The Labute approximate surface area is 177 Å². The fourth-order valence-electron chi connectivity index (χ4n) is 4.13. The summed E-state index contributed by atoms with van der Waals surface area (Å²) in [6, 6.07) is 15.8. The summed E-state index contributed by atoms with van der Waals surface area (Å²) in [5, 5.41) is 0. The first kappa shape index (κ1) is 21.4. The maximum absolute atomic E-state index is 4.94. The van der Waals surface area contributed by atoms with Crippen LogP contribution in [0.1, 0.15) is 72.7 Å². The summed E-state index contributed by atoms with van der Waals surface area (Å²) in [7, 11) is 0. The molecule has 0 fully saturated rings. The lowest BCUT2D eigenvalue weighted by molar-refractivity contribution is 0.602. The molecule has 1 heterocycles. The van der Waals surface area contributed by atoms with E-state index in [1.165, 1.54) is 52.8 Å². The molecule has 0 amide bonds. The number of benzene rings is 2. The second kappa shape index (κ2) is 9.43. The number of hydrogen-bond acceptors (Lipinski definition) is 1. The molecule has 2 aromatic carbocycles. The number of aryl methyl sites for hydroxylation is 4. The highest BCUT2D eigenvalue weighted by molar-refractivity contribution is 5.65. The summed E-state index contributed by atoms with van der Waals surface area (Å²) in [5.74, 6) is 1.79. The van der Waals surface area contributed by atoms with Crippen LogP contribution in [0, 0.1) is 27.7 Å². The van der Waals surface area contributed by atoms with Gasteiger partial charge in [0.2, 0.25) is 0 Å².